The van der Waals surface area contributed by atoms with Crippen molar-refractivity contribution in [3.8, 4) is 0 Å². The van der Waals surface area contributed by atoms with Gasteiger partial charge in [-0.3, -0.25) is 0 Å². The zero-order valence-corrected chi connectivity index (χ0v) is 14.8. The number of ether oxygens (including phenoxy) is 1. The first-order valence-electron chi connectivity index (χ1n) is 7.31. The molecular weight excluding hydrogens is 383 g/mol. The number of hydrogen-bond acceptors (Lipinski definition) is 3. The average molecular weight is 400 g/mol. The smallest absolute Gasteiger partial charge is 0.148 e. The Balaban J connectivity index is 1.67. The van der Waals surface area contributed by atoms with E-state index in [9.17, 15) is 4.39 Å². The molecule has 2 aromatic rings. The molecule has 0 spiro atoms. The van der Waals surface area contributed by atoms with E-state index in [1.165, 1.54) is 6.07 Å². The number of rotatable bonds is 6. The Morgan fingerprint density at radius 1 is 1.17 bits per heavy atom. The van der Waals surface area contributed by atoms with Gasteiger partial charge in [0.25, 0.3) is 0 Å². The van der Waals surface area contributed by atoms with E-state index in [0.29, 0.717) is 16.4 Å². The number of nitrogens with one attached hydrogen (secondary N) is 2. The third kappa shape index (κ3) is 3.79. The monoisotopic (exact) mass is 398 g/mol. The largest absolute Gasteiger partial charge is 0.384 e. The quantitative estimate of drug-likeness (QED) is 0.667. The van der Waals surface area contributed by atoms with E-state index in [4.69, 9.17) is 16.3 Å². The molecule has 1 saturated heterocycles. The normalized spacial score (nSPS) is 15.8. The van der Waals surface area contributed by atoms with Crippen molar-refractivity contribution >= 4 is 44.6 Å². The number of anilines is 3. The molecule has 1 fully saturated rings. The van der Waals surface area contributed by atoms with Crippen molar-refractivity contribution in [1.82, 2.24) is 0 Å². The summed E-state index contributed by atoms with van der Waals surface area (Å²) in [6.45, 7) is 2.19. The van der Waals surface area contributed by atoms with Gasteiger partial charge in [0.05, 0.1) is 29.6 Å². The second-order valence-electron chi connectivity index (χ2n) is 5.78. The molecule has 0 atom stereocenters. The Kier molecular flexibility index (Phi) is 5.09. The molecule has 0 saturated carbocycles. The zero-order chi connectivity index (χ0) is 16.3. The van der Waals surface area contributed by atoms with Crippen molar-refractivity contribution in [1.29, 1.82) is 0 Å². The van der Waals surface area contributed by atoms with Crippen LogP contribution in [0.3, 0.4) is 0 Å². The zero-order valence-electron chi connectivity index (χ0n) is 12.4. The molecule has 0 bridgehead atoms. The molecule has 23 heavy (non-hydrogen) atoms. The van der Waals surface area contributed by atoms with Crippen LogP contribution in [0.5, 0.6) is 0 Å². The van der Waals surface area contributed by atoms with Crippen molar-refractivity contribution in [2.24, 2.45) is 5.41 Å². The molecule has 122 valence electrons. The molecule has 6 heteroatoms. The molecule has 1 aliphatic rings. The highest BCUT2D eigenvalue weighted by Crippen LogP contribution is 2.31. The van der Waals surface area contributed by atoms with Gasteiger partial charge in [-0.25, -0.2) is 4.39 Å². The number of halogens is 3. The molecule has 0 aromatic heterocycles. The van der Waals surface area contributed by atoms with Crippen LogP contribution in [0.15, 0.2) is 42.5 Å². The molecule has 0 aliphatic carbocycles. The number of benzene rings is 2. The molecule has 0 amide bonds. The van der Waals surface area contributed by atoms with Crippen LogP contribution < -0.4 is 10.6 Å². The summed E-state index contributed by atoms with van der Waals surface area (Å²) in [4.78, 5) is 0. The molecule has 2 N–H and O–H groups in total. The molecule has 1 aliphatic heterocycles. The van der Waals surface area contributed by atoms with Gasteiger partial charge < -0.3 is 15.4 Å². The minimum atomic E-state index is -0.326. The summed E-state index contributed by atoms with van der Waals surface area (Å²) >= 11 is 9.59. The van der Waals surface area contributed by atoms with E-state index in [0.717, 1.165) is 30.8 Å². The lowest BCUT2D eigenvalue weighted by atomic mass is 9.88. The lowest BCUT2D eigenvalue weighted by molar-refractivity contribution is -0.0885. The standard InChI is InChI=1S/C17H17BrClFN2O/c18-8-17(10-23-11-17)9-21-12-5-6-16(14(20)7-12)22-15-4-2-1-3-13(15)19/h1-7,21-22H,8-11H2. The molecule has 2 aromatic carbocycles. The van der Waals surface area contributed by atoms with Gasteiger partial charge in [-0.2, -0.15) is 0 Å². The highest BCUT2D eigenvalue weighted by molar-refractivity contribution is 9.09. The second-order valence-corrected chi connectivity index (χ2v) is 6.75. The maximum Gasteiger partial charge on any atom is 0.148 e. The van der Waals surface area contributed by atoms with E-state index >= 15 is 0 Å². The summed E-state index contributed by atoms with van der Waals surface area (Å²) < 4.78 is 19.6. The molecule has 0 unspecified atom stereocenters. The second kappa shape index (κ2) is 7.07. The van der Waals surface area contributed by atoms with Crippen molar-refractivity contribution in [2.75, 3.05) is 35.7 Å². The molecule has 1 heterocycles. The third-order valence-corrected chi connectivity index (χ3v) is 5.40. The van der Waals surface area contributed by atoms with E-state index in [2.05, 4.69) is 26.6 Å². The van der Waals surface area contributed by atoms with Crippen LogP contribution in [0.4, 0.5) is 21.5 Å². The van der Waals surface area contributed by atoms with Gasteiger partial charge in [0.1, 0.15) is 5.82 Å². The van der Waals surface area contributed by atoms with Gasteiger partial charge >= 0.3 is 0 Å². The van der Waals surface area contributed by atoms with Gasteiger partial charge in [-0.05, 0) is 30.3 Å². The first-order valence-corrected chi connectivity index (χ1v) is 8.81. The van der Waals surface area contributed by atoms with Crippen LogP contribution >= 0.6 is 27.5 Å². The summed E-state index contributed by atoms with van der Waals surface area (Å²) in [6, 6.07) is 12.3. The van der Waals surface area contributed by atoms with Gasteiger partial charge in [-0.15, -0.1) is 0 Å². The Hall–Kier alpha value is -1.30. The van der Waals surface area contributed by atoms with Crippen molar-refractivity contribution in [3.05, 3.63) is 53.3 Å². The summed E-state index contributed by atoms with van der Waals surface area (Å²) in [5.74, 6) is -0.326. The molecular formula is C17H17BrClFN2O. The maximum atomic E-state index is 14.3. The highest BCUT2D eigenvalue weighted by Gasteiger charge is 2.37. The minimum absolute atomic E-state index is 0.102. The minimum Gasteiger partial charge on any atom is -0.384 e. The Bertz CT molecular complexity index is 689. The Morgan fingerprint density at radius 3 is 2.57 bits per heavy atom. The lowest BCUT2D eigenvalue weighted by Crippen LogP contribution is -2.49. The molecule has 0 radical (unpaired) electrons. The average Bonchev–Trinajstić information content (AvgIpc) is 2.51. The summed E-state index contributed by atoms with van der Waals surface area (Å²) in [6.07, 6.45) is 0. The van der Waals surface area contributed by atoms with E-state index < -0.39 is 0 Å². The van der Waals surface area contributed by atoms with Crippen LogP contribution in [0, 0.1) is 11.2 Å². The SMILES string of the molecule is Fc1cc(NCC2(CBr)COC2)ccc1Nc1ccccc1Cl. The summed E-state index contributed by atoms with van der Waals surface area (Å²) in [5, 5.41) is 7.71. The summed E-state index contributed by atoms with van der Waals surface area (Å²) in [7, 11) is 0. The summed E-state index contributed by atoms with van der Waals surface area (Å²) in [5.41, 5.74) is 1.93. The molecule has 3 rings (SSSR count). The fraction of sp³-hybridized carbons (Fsp3) is 0.294. The van der Waals surface area contributed by atoms with Crippen molar-refractivity contribution < 1.29 is 9.13 Å². The topological polar surface area (TPSA) is 33.3 Å². The van der Waals surface area contributed by atoms with E-state index in [-0.39, 0.29) is 11.2 Å². The fourth-order valence-electron chi connectivity index (χ4n) is 2.34. The maximum absolute atomic E-state index is 14.3. The Morgan fingerprint density at radius 2 is 1.96 bits per heavy atom. The fourth-order valence-corrected chi connectivity index (χ4v) is 3.05. The third-order valence-electron chi connectivity index (χ3n) is 3.88. The predicted molar refractivity (Wildman–Crippen MR) is 96.7 cm³/mol. The van der Waals surface area contributed by atoms with Crippen LogP contribution in [-0.4, -0.2) is 25.1 Å². The predicted octanol–water partition coefficient (Wildman–Crippen LogP) is 5.05. The van der Waals surface area contributed by atoms with E-state index in [1.807, 2.05) is 24.3 Å². The first kappa shape index (κ1) is 16.6. The lowest BCUT2D eigenvalue weighted by Gasteiger charge is -2.40. The van der Waals surface area contributed by atoms with Crippen LogP contribution in [0.2, 0.25) is 5.02 Å². The van der Waals surface area contributed by atoms with Crippen LogP contribution in [0.1, 0.15) is 0 Å². The number of hydrogen-bond donors (Lipinski definition) is 2. The first-order chi connectivity index (χ1) is 11.1. The number of para-hydroxylation sites is 1. The van der Waals surface area contributed by atoms with E-state index in [1.54, 1.807) is 12.1 Å². The van der Waals surface area contributed by atoms with Gasteiger partial charge in [0, 0.05) is 23.0 Å². The Labute approximate surface area is 148 Å². The van der Waals surface area contributed by atoms with Gasteiger partial charge in [-0.1, -0.05) is 39.7 Å². The van der Waals surface area contributed by atoms with Crippen LogP contribution in [-0.2, 0) is 4.74 Å². The van der Waals surface area contributed by atoms with Gasteiger partial charge in [0.2, 0.25) is 0 Å². The molecule has 3 nitrogen and oxygen atoms in total. The van der Waals surface area contributed by atoms with Crippen molar-refractivity contribution in [3.63, 3.8) is 0 Å². The van der Waals surface area contributed by atoms with Crippen molar-refractivity contribution in [2.45, 2.75) is 0 Å². The van der Waals surface area contributed by atoms with Crippen LogP contribution in [0.25, 0.3) is 0 Å². The highest BCUT2D eigenvalue weighted by atomic mass is 79.9. The number of alkyl halides is 1. The van der Waals surface area contributed by atoms with Gasteiger partial charge in [0.15, 0.2) is 0 Å².